The van der Waals surface area contributed by atoms with Gasteiger partial charge in [-0.2, -0.15) is 0 Å². The first-order valence-corrected chi connectivity index (χ1v) is 6.55. The Bertz CT molecular complexity index is 430. The quantitative estimate of drug-likeness (QED) is 0.558. The molecule has 3 heteroatoms. The highest BCUT2D eigenvalue weighted by Crippen LogP contribution is 2.25. The van der Waals surface area contributed by atoms with Crippen LogP contribution in [-0.4, -0.2) is 18.4 Å². The van der Waals surface area contributed by atoms with E-state index in [9.17, 15) is 9.59 Å². The molecule has 0 amide bonds. The van der Waals surface area contributed by atoms with E-state index in [1.807, 2.05) is 37.3 Å². The van der Waals surface area contributed by atoms with Crippen LogP contribution in [0.25, 0.3) is 5.57 Å². The van der Waals surface area contributed by atoms with Crippen LogP contribution in [-0.2, 0) is 14.3 Å². The predicted molar refractivity (Wildman–Crippen MR) is 75.5 cm³/mol. The molecule has 0 spiro atoms. The van der Waals surface area contributed by atoms with E-state index in [1.54, 1.807) is 6.92 Å². The molecule has 0 aromatic heterocycles. The van der Waals surface area contributed by atoms with Gasteiger partial charge in [0, 0.05) is 6.42 Å². The summed E-state index contributed by atoms with van der Waals surface area (Å²) in [5, 5.41) is 0. The zero-order valence-corrected chi connectivity index (χ0v) is 11.5. The molecule has 19 heavy (non-hydrogen) atoms. The summed E-state index contributed by atoms with van der Waals surface area (Å²) in [6.07, 6.45) is 1.06. The Balaban J connectivity index is 2.99. The molecule has 0 radical (unpaired) electrons. The fraction of sp³-hybridized carbons (Fsp3) is 0.375. The largest absolute Gasteiger partial charge is 0.465 e. The third-order valence-electron chi connectivity index (χ3n) is 2.83. The second kappa shape index (κ2) is 7.52. The fourth-order valence-electron chi connectivity index (χ4n) is 1.90. The maximum absolute atomic E-state index is 12.1. The lowest BCUT2D eigenvalue weighted by Crippen LogP contribution is -2.27. The van der Waals surface area contributed by atoms with E-state index >= 15 is 0 Å². The summed E-state index contributed by atoms with van der Waals surface area (Å²) in [6.45, 7) is 7.81. The van der Waals surface area contributed by atoms with Gasteiger partial charge in [0.25, 0.3) is 0 Å². The second-order valence-electron chi connectivity index (χ2n) is 4.29. The van der Waals surface area contributed by atoms with E-state index in [2.05, 4.69) is 6.58 Å². The maximum atomic E-state index is 12.1. The number of ketones is 1. The van der Waals surface area contributed by atoms with Crippen molar-refractivity contribution in [2.45, 2.75) is 26.7 Å². The first kappa shape index (κ1) is 15.2. The minimum atomic E-state index is -0.887. The van der Waals surface area contributed by atoms with Crippen LogP contribution in [0, 0.1) is 5.92 Å². The summed E-state index contributed by atoms with van der Waals surface area (Å²) in [4.78, 5) is 24.1. The van der Waals surface area contributed by atoms with Gasteiger partial charge in [-0.25, -0.2) is 0 Å². The van der Waals surface area contributed by atoms with Gasteiger partial charge in [-0.05, 0) is 24.5 Å². The van der Waals surface area contributed by atoms with Crippen molar-refractivity contribution in [2.75, 3.05) is 6.61 Å². The normalized spacial score (nSPS) is 11.7. The number of rotatable bonds is 7. The molecular weight excluding hydrogens is 240 g/mol. The number of esters is 1. The van der Waals surface area contributed by atoms with Crippen molar-refractivity contribution in [3.63, 3.8) is 0 Å². The third-order valence-corrected chi connectivity index (χ3v) is 2.83. The van der Waals surface area contributed by atoms with E-state index in [0.29, 0.717) is 18.4 Å². The molecule has 0 aliphatic rings. The lowest BCUT2D eigenvalue weighted by molar-refractivity contribution is -0.149. The number of benzene rings is 1. The van der Waals surface area contributed by atoms with Crippen molar-refractivity contribution >= 4 is 17.3 Å². The zero-order chi connectivity index (χ0) is 14.3. The van der Waals surface area contributed by atoms with E-state index in [0.717, 1.165) is 5.56 Å². The van der Waals surface area contributed by atoms with Gasteiger partial charge in [-0.3, -0.25) is 9.59 Å². The van der Waals surface area contributed by atoms with Crippen molar-refractivity contribution in [1.82, 2.24) is 0 Å². The highest BCUT2D eigenvalue weighted by atomic mass is 16.5. The van der Waals surface area contributed by atoms with Crippen LogP contribution >= 0.6 is 0 Å². The summed E-state index contributed by atoms with van der Waals surface area (Å²) < 4.78 is 4.99. The molecule has 102 valence electrons. The van der Waals surface area contributed by atoms with E-state index < -0.39 is 11.9 Å². The molecule has 1 aromatic carbocycles. The van der Waals surface area contributed by atoms with Crippen LogP contribution in [0.15, 0.2) is 36.9 Å². The number of ether oxygens (including phenoxy) is 1. The van der Waals surface area contributed by atoms with Crippen LogP contribution in [0.5, 0.6) is 0 Å². The number of hydrogen-bond acceptors (Lipinski definition) is 3. The van der Waals surface area contributed by atoms with Crippen LogP contribution in [0.4, 0.5) is 0 Å². The fourth-order valence-corrected chi connectivity index (χ4v) is 1.90. The third kappa shape index (κ3) is 4.05. The summed E-state index contributed by atoms with van der Waals surface area (Å²) in [6, 6.07) is 9.27. The van der Waals surface area contributed by atoms with Gasteiger partial charge in [0.05, 0.1) is 6.61 Å². The minimum absolute atomic E-state index is 0.130. The second-order valence-corrected chi connectivity index (χ2v) is 4.29. The van der Waals surface area contributed by atoms with Crippen molar-refractivity contribution in [1.29, 1.82) is 0 Å². The predicted octanol–water partition coefficient (Wildman–Crippen LogP) is 3.25. The Morgan fingerprint density at radius 2 is 1.84 bits per heavy atom. The lowest BCUT2D eigenvalue weighted by Gasteiger charge is -2.17. The van der Waals surface area contributed by atoms with E-state index in [1.165, 1.54) is 0 Å². The van der Waals surface area contributed by atoms with E-state index in [-0.39, 0.29) is 12.4 Å². The van der Waals surface area contributed by atoms with Gasteiger partial charge in [0.15, 0.2) is 5.78 Å². The van der Waals surface area contributed by atoms with Gasteiger partial charge < -0.3 is 4.74 Å². The Labute approximate surface area is 114 Å². The average Bonchev–Trinajstić information content (AvgIpc) is 2.40. The number of hydrogen-bond donors (Lipinski definition) is 0. The molecule has 0 aliphatic heterocycles. The summed E-state index contributed by atoms with van der Waals surface area (Å²) in [7, 11) is 0. The number of carbonyl (C=O) groups excluding carboxylic acids is 2. The molecule has 3 nitrogen and oxygen atoms in total. The topological polar surface area (TPSA) is 43.4 Å². The van der Waals surface area contributed by atoms with Gasteiger partial charge in [0.1, 0.15) is 5.92 Å². The highest BCUT2D eigenvalue weighted by molar-refractivity contribution is 6.09. The van der Waals surface area contributed by atoms with Gasteiger partial charge >= 0.3 is 5.97 Å². The molecule has 0 N–H and O–H groups in total. The molecule has 1 aromatic rings. The van der Waals surface area contributed by atoms with Gasteiger partial charge in [0.2, 0.25) is 0 Å². The number of carbonyl (C=O) groups is 2. The average molecular weight is 260 g/mol. The molecule has 0 aliphatic carbocycles. The van der Waals surface area contributed by atoms with Crippen LogP contribution < -0.4 is 0 Å². The van der Waals surface area contributed by atoms with Crippen LogP contribution in [0.2, 0.25) is 0 Å². The molecule has 1 atom stereocenters. The first-order valence-electron chi connectivity index (χ1n) is 6.55. The minimum Gasteiger partial charge on any atom is -0.465 e. The Morgan fingerprint density at radius 1 is 1.21 bits per heavy atom. The molecular formula is C16H20O3. The molecule has 0 heterocycles. The van der Waals surface area contributed by atoms with Gasteiger partial charge in [-0.1, -0.05) is 43.8 Å². The summed E-state index contributed by atoms with van der Waals surface area (Å²) >= 11 is 0. The van der Waals surface area contributed by atoms with Gasteiger partial charge in [-0.15, -0.1) is 0 Å². The smallest absolute Gasteiger partial charge is 0.321 e. The molecule has 1 rings (SSSR count). The van der Waals surface area contributed by atoms with Crippen molar-refractivity contribution in [3.05, 3.63) is 42.5 Å². The van der Waals surface area contributed by atoms with Crippen molar-refractivity contribution in [2.24, 2.45) is 5.92 Å². The highest BCUT2D eigenvalue weighted by Gasteiger charge is 2.30. The summed E-state index contributed by atoms with van der Waals surface area (Å²) in [5.74, 6) is -1.52. The molecule has 0 saturated heterocycles. The lowest BCUT2D eigenvalue weighted by atomic mass is 9.88. The Hall–Kier alpha value is -1.90. The van der Waals surface area contributed by atoms with Crippen molar-refractivity contribution in [3.8, 4) is 0 Å². The Morgan fingerprint density at radius 3 is 2.37 bits per heavy atom. The number of Topliss-reactive ketones (excluding diaryl/α,β-unsaturated/α-hetero) is 1. The monoisotopic (exact) mass is 260 g/mol. The molecule has 0 fully saturated rings. The molecule has 0 saturated carbocycles. The van der Waals surface area contributed by atoms with Crippen LogP contribution in [0.3, 0.4) is 0 Å². The zero-order valence-electron chi connectivity index (χ0n) is 11.5. The van der Waals surface area contributed by atoms with Crippen molar-refractivity contribution < 1.29 is 14.3 Å². The standard InChI is InChI=1S/C16H20O3/c1-4-9-14(17)15(16(18)19-5-2)12(3)13-10-7-6-8-11-13/h6-8,10-11,15H,3-5,9H2,1-2H3. The first-order chi connectivity index (χ1) is 9.11. The molecule has 0 bridgehead atoms. The Kier molecular flexibility index (Phi) is 6.00. The maximum Gasteiger partial charge on any atom is 0.321 e. The molecule has 1 unspecified atom stereocenters. The van der Waals surface area contributed by atoms with E-state index in [4.69, 9.17) is 4.74 Å². The van der Waals surface area contributed by atoms with Crippen LogP contribution in [0.1, 0.15) is 32.3 Å². The SMILES string of the molecule is C=C(c1ccccc1)C(C(=O)CCC)C(=O)OCC. The summed E-state index contributed by atoms with van der Waals surface area (Å²) in [5.41, 5.74) is 1.31.